The van der Waals surface area contributed by atoms with E-state index in [0.29, 0.717) is 5.92 Å². The van der Waals surface area contributed by atoms with E-state index in [1.54, 1.807) is 0 Å². The van der Waals surface area contributed by atoms with Gasteiger partial charge in [0.2, 0.25) is 0 Å². The fraction of sp³-hybridized carbons (Fsp3) is 0.625. The van der Waals surface area contributed by atoms with Crippen LogP contribution in [0.3, 0.4) is 0 Å². The molecular formula is C16H23ClO. The van der Waals surface area contributed by atoms with Crippen molar-refractivity contribution in [3.05, 3.63) is 34.9 Å². The van der Waals surface area contributed by atoms with Crippen LogP contribution in [-0.2, 0) is 5.60 Å². The van der Waals surface area contributed by atoms with E-state index < -0.39 is 5.60 Å². The Labute approximate surface area is 115 Å². The maximum absolute atomic E-state index is 10.8. The van der Waals surface area contributed by atoms with Crippen LogP contribution in [0.15, 0.2) is 24.3 Å². The summed E-state index contributed by atoms with van der Waals surface area (Å²) < 4.78 is 0. The van der Waals surface area contributed by atoms with Gasteiger partial charge < -0.3 is 5.11 Å². The lowest BCUT2D eigenvalue weighted by molar-refractivity contribution is -0.0276. The Morgan fingerprint density at radius 2 is 1.72 bits per heavy atom. The fourth-order valence-corrected chi connectivity index (χ4v) is 3.28. The number of halogens is 1. The Kier molecular flexibility index (Phi) is 4.34. The molecule has 1 fully saturated rings. The molecule has 1 unspecified atom stereocenters. The summed E-state index contributed by atoms with van der Waals surface area (Å²) in [5.74, 6) is 1.24. The Morgan fingerprint density at radius 1 is 1.17 bits per heavy atom. The van der Waals surface area contributed by atoms with Crippen LogP contribution in [0.1, 0.15) is 51.5 Å². The van der Waals surface area contributed by atoms with Gasteiger partial charge in [0, 0.05) is 5.02 Å². The van der Waals surface area contributed by atoms with Crippen LogP contribution in [0, 0.1) is 11.8 Å². The number of hydrogen-bond acceptors (Lipinski definition) is 1. The molecule has 18 heavy (non-hydrogen) atoms. The minimum atomic E-state index is -0.719. The molecule has 0 amide bonds. The van der Waals surface area contributed by atoms with E-state index in [-0.39, 0.29) is 0 Å². The van der Waals surface area contributed by atoms with E-state index in [1.807, 2.05) is 31.2 Å². The first kappa shape index (κ1) is 13.9. The molecule has 1 atom stereocenters. The van der Waals surface area contributed by atoms with Crippen LogP contribution in [-0.4, -0.2) is 5.11 Å². The third kappa shape index (κ3) is 2.89. The van der Waals surface area contributed by atoms with Crippen molar-refractivity contribution in [2.24, 2.45) is 11.8 Å². The summed E-state index contributed by atoms with van der Waals surface area (Å²) in [5.41, 5.74) is 0.274. The molecule has 1 aliphatic rings. The molecule has 1 N–H and O–H groups in total. The van der Waals surface area contributed by atoms with Crippen LogP contribution < -0.4 is 0 Å². The van der Waals surface area contributed by atoms with Crippen molar-refractivity contribution < 1.29 is 5.11 Å². The van der Waals surface area contributed by atoms with Gasteiger partial charge in [0.15, 0.2) is 0 Å². The van der Waals surface area contributed by atoms with E-state index in [0.717, 1.165) is 29.3 Å². The lowest BCUT2D eigenvalue weighted by Gasteiger charge is -2.38. The Morgan fingerprint density at radius 3 is 2.22 bits per heavy atom. The first-order chi connectivity index (χ1) is 8.54. The van der Waals surface area contributed by atoms with Crippen molar-refractivity contribution in [2.45, 2.75) is 51.6 Å². The molecule has 0 saturated heterocycles. The SMILES string of the molecule is CCC1CCC(C(C)(O)c2ccc(Cl)cc2)CC1. The van der Waals surface area contributed by atoms with E-state index >= 15 is 0 Å². The minimum Gasteiger partial charge on any atom is -0.385 e. The first-order valence-corrected chi connectivity index (χ1v) is 7.40. The fourth-order valence-electron chi connectivity index (χ4n) is 3.16. The van der Waals surface area contributed by atoms with E-state index in [2.05, 4.69) is 6.92 Å². The van der Waals surface area contributed by atoms with Crippen LogP contribution in [0.4, 0.5) is 0 Å². The molecule has 1 saturated carbocycles. The molecule has 2 rings (SSSR count). The minimum absolute atomic E-state index is 0.376. The monoisotopic (exact) mass is 266 g/mol. The van der Waals surface area contributed by atoms with Crippen LogP contribution >= 0.6 is 11.6 Å². The molecule has 100 valence electrons. The van der Waals surface area contributed by atoms with Crippen molar-refractivity contribution in [1.82, 2.24) is 0 Å². The Hall–Kier alpha value is -0.530. The van der Waals surface area contributed by atoms with E-state index in [4.69, 9.17) is 11.6 Å². The normalized spacial score (nSPS) is 27.8. The van der Waals surface area contributed by atoms with Gasteiger partial charge in [-0.1, -0.05) is 49.9 Å². The summed E-state index contributed by atoms with van der Waals surface area (Å²) in [4.78, 5) is 0. The topological polar surface area (TPSA) is 20.2 Å². The van der Waals surface area contributed by atoms with Gasteiger partial charge in [0.25, 0.3) is 0 Å². The number of rotatable bonds is 3. The van der Waals surface area contributed by atoms with Crippen molar-refractivity contribution in [1.29, 1.82) is 0 Å². The molecule has 1 aromatic carbocycles. The van der Waals surface area contributed by atoms with Gasteiger partial charge in [-0.2, -0.15) is 0 Å². The second-order valence-corrected chi connectivity index (χ2v) is 6.22. The van der Waals surface area contributed by atoms with Crippen LogP contribution in [0.5, 0.6) is 0 Å². The molecule has 0 aliphatic heterocycles. The number of benzene rings is 1. The molecule has 1 aliphatic carbocycles. The van der Waals surface area contributed by atoms with Gasteiger partial charge in [0.05, 0.1) is 5.60 Å². The third-order valence-corrected chi connectivity index (χ3v) is 4.90. The molecule has 0 aromatic heterocycles. The average molecular weight is 267 g/mol. The standard InChI is InChI=1S/C16H23ClO/c1-3-12-4-6-13(7-5-12)16(2,18)14-8-10-15(17)11-9-14/h8-13,18H,3-7H2,1-2H3. The highest BCUT2D eigenvalue weighted by Gasteiger charge is 2.35. The zero-order valence-corrected chi connectivity index (χ0v) is 12.1. The molecule has 0 bridgehead atoms. The highest BCUT2D eigenvalue weighted by Crippen LogP contribution is 2.41. The quantitative estimate of drug-likeness (QED) is 0.836. The van der Waals surface area contributed by atoms with Gasteiger partial charge in [-0.05, 0) is 49.3 Å². The van der Waals surface area contributed by atoms with E-state index in [1.165, 1.54) is 19.3 Å². The first-order valence-electron chi connectivity index (χ1n) is 7.02. The summed E-state index contributed by atoms with van der Waals surface area (Å²) in [6.45, 7) is 4.22. The molecule has 1 nitrogen and oxygen atoms in total. The highest BCUT2D eigenvalue weighted by atomic mass is 35.5. The van der Waals surface area contributed by atoms with Gasteiger partial charge in [0.1, 0.15) is 0 Å². The number of hydrogen-bond donors (Lipinski definition) is 1. The summed E-state index contributed by atoms with van der Waals surface area (Å²) in [7, 11) is 0. The van der Waals surface area contributed by atoms with Gasteiger partial charge in [-0.25, -0.2) is 0 Å². The lowest BCUT2D eigenvalue weighted by Crippen LogP contribution is -2.34. The van der Waals surface area contributed by atoms with Crippen molar-refractivity contribution in [2.75, 3.05) is 0 Å². The summed E-state index contributed by atoms with van der Waals surface area (Å²) in [6, 6.07) is 7.63. The predicted octanol–water partition coefficient (Wildman–Crippen LogP) is 4.76. The lowest BCUT2D eigenvalue weighted by atomic mass is 9.71. The Bertz CT molecular complexity index is 375. The van der Waals surface area contributed by atoms with E-state index in [9.17, 15) is 5.11 Å². The van der Waals surface area contributed by atoms with Crippen LogP contribution in [0.25, 0.3) is 0 Å². The largest absolute Gasteiger partial charge is 0.385 e. The zero-order chi connectivity index (χ0) is 13.2. The van der Waals surface area contributed by atoms with Crippen molar-refractivity contribution in [3.8, 4) is 0 Å². The summed E-state index contributed by atoms with van der Waals surface area (Å²) in [6.07, 6.45) is 6.05. The van der Waals surface area contributed by atoms with Gasteiger partial charge in [-0.3, -0.25) is 0 Å². The smallest absolute Gasteiger partial charge is 0.0896 e. The second kappa shape index (κ2) is 5.63. The maximum Gasteiger partial charge on any atom is 0.0896 e. The zero-order valence-electron chi connectivity index (χ0n) is 11.3. The second-order valence-electron chi connectivity index (χ2n) is 5.78. The molecule has 0 spiro atoms. The molecular weight excluding hydrogens is 244 g/mol. The van der Waals surface area contributed by atoms with Gasteiger partial charge >= 0.3 is 0 Å². The van der Waals surface area contributed by atoms with Gasteiger partial charge in [-0.15, -0.1) is 0 Å². The number of aliphatic hydroxyl groups is 1. The molecule has 0 radical (unpaired) electrons. The third-order valence-electron chi connectivity index (χ3n) is 4.65. The Balaban J connectivity index is 2.09. The molecule has 0 heterocycles. The predicted molar refractivity (Wildman–Crippen MR) is 76.8 cm³/mol. The molecule has 1 aromatic rings. The molecule has 2 heteroatoms. The van der Waals surface area contributed by atoms with Crippen molar-refractivity contribution in [3.63, 3.8) is 0 Å². The summed E-state index contributed by atoms with van der Waals surface area (Å²) >= 11 is 5.90. The maximum atomic E-state index is 10.8. The van der Waals surface area contributed by atoms with Crippen molar-refractivity contribution >= 4 is 11.6 Å². The van der Waals surface area contributed by atoms with Crippen LogP contribution in [0.2, 0.25) is 5.02 Å². The summed E-state index contributed by atoms with van der Waals surface area (Å²) in [5, 5.41) is 11.5. The highest BCUT2D eigenvalue weighted by molar-refractivity contribution is 6.30. The average Bonchev–Trinajstić information content (AvgIpc) is 2.39.